The number of H-pyrrole nitrogens is 1. The number of rotatable bonds is 7. The summed E-state index contributed by atoms with van der Waals surface area (Å²) in [5.41, 5.74) is 5.04. The van der Waals surface area contributed by atoms with Crippen LogP contribution in [0.5, 0.6) is 0 Å². The first-order valence-corrected chi connectivity index (χ1v) is 11.2. The second-order valence-corrected chi connectivity index (χ2v) is 8.41. The van der Waals surface area contributed by atoms with Crippen LogP contribution < -0.4 is 10.9 Å². The van der Waals surface area contributed by atoms with E-state index in [0.717, 1.165) is 35.0 Å². The molecule has 0 saturated carbocycles. The van der Waals surface area contributed by atoms with Gasteiger partial charge in [-0.05, 0) is 60.3 Å². The summed E-state index contributed by atoms with van der Waals surface area (Å²) in [6.45, 7) is 3.85. The lowest BCUT2D eigenvalue weighted by Crippen LogP contribution is -2.40. The third kappa shape index (κ3) is 5.62. The van der Waals surface area contributed by atoms with Crippen molar-refractivity contribution in [3.63, 3.8) is 0 Å². The van der Waals surface area contributed by atoms with Gasteiger partial charge in [-0.3, -0.25) is 4.79 Å². The fraction of sp³-hybridized carbons (Fsp3) is 0.185. The van der Waals surface area contributed by atoms with Crippen LogP contribution in [0.2, 0.25) is 0 Å². The number of fused-ring (bicyclic) bond motifs is 1. The van der Waals surface area contributed by atoms with Crippen molar-refractivity contribution in [2.75, 3.05) is 6.54 Å². The van der Waals surface area contributed by atoms with E-state index >= 15 is 0 Å². The van der Waals surface area contributed by atoms with Gasteiger partial charge in [-0.1, -0.05) is 72.3 Å². The minimum absolute atomic E-state index is 0.0773. The van der Waals surface area contributed by atoms with E-state index in [1.54, 1.807) is 0 Å². The summed E-state index contributed by atoms with van der Waals surface area (Å²) in [7, 11) is 0. The summed E-state index contributed by atoms with van der Waals surface area (Å²) >= 11 is 5.75. The van der Waals surface area contributed by atoms with Gasteiger partial charge in [-0.25, -0.2) is 0 Å². The average molecular weight is 442 g/mol. The fourth-order valence-corrected chi connectivity index (χ4v) is 4.00. The van der Waals surface area contributed by atoms with Gasteiger partial charge in [0.2, 0.25) is 0 Å². The summed E-state index contributed by atoms with van der Waals surface area (Å²) in [4.78, 5) is 17.9. The van der Waals surface area contributed by atoms with E-state index in [1.165, 1.54) is 5.56 Å². The minimum atomic E-state index is -0.0773. The Kier molecular flexibility index (Phi) is 6.97. The van der Waals surface area contributed by atoms with Crippen LogP contribution >= 0.6 is 12.2 Å². The number of pyridine rings is 1. The van der Waals surface area contributed by atoms with E-state index in [2.05, 4.69) is 52.5 Å². The molecule has 3 aromatic carbocycles. The first-order chi connectivity index (χ1) is 15.6. The highest BCUT2D eigenvalue weighted by Gasteiger charge is 2.14. The third-order valence-electron chi connectivity index (χ3n) is 5.47. The molecule has 1 heterocycles. The number of benzene rings is 3. The minimum Gasteiger partial charge on any atom is -0.362 e. The second-order valence-electron chi connectivity index (χ2n) is 8.02. The maximum absolute atomic E-state index is 12.8. The highest BCUT2D eigenvalue weighted by Crippen LogP contribution is 2.15. The number of hydrogen-bond donors (Lipinski definition) is 2. The molecule has 2 N–H and O–H groups in total. The first-order valence-electron chi connectivity index (χ1n) is 10.8. The van der Waals surface area contributed by atoms with Gasteiger partial charge in [-0.2, -0.15) is 0 Å². The van der Waals surface area contributed by atoms with Crippen molar-refractivity contribution in [1.82, 2.24) is 15.2 Å². The van der Waals surface area contributed by atoms with Gasteiger partial charge in [0.05, 0.1) is 6.54 Å². The molecule has 4 nitrogen and oxygen atoms in total. The van der Waals surface area contributed by atoms with Crippen LogP contribution in [-0.4, -0.2) is 21.5 Å². The van der Waals surface area contributed by atoms with E-state index in [4.69, 9.17) is 12.2 Å². The molecule has 0 aliphatic heterocycles. The van der Waals surface area contributed by atoms with Gasteiger partial charge in [0, 0.05) is 24.2 Å². The Morgan fingerprint density at radius 1 is 0.906 bits per heavy atom. The lowest BCUT2D eigenvalue weighted by Gasteiger charge is -2.26. The summed E-state index contributed by atoms with van der Waals surface area (Å²) in [5, 5.41) is 5.06. The summed E-state index contributed by atoms with van der Waals surface area (Å²) in [6.07, 6.45) is 0.885. The highest BCUT2D eigenvalue weighted by atomic mass is 32.1. The Morgan fingerprint density at radius 2 is 1.59 bits per heavy atom. The Bertz CT molecular complexity index is 1250. The number of nitrogens with one attached hydrogen (secondary N) is 2. The van der Waals surface area contributed by atoms with Gasteiger partial charge < -0.3 is 15.2 Å². The number of aryl methyl sites for hydroxylation is 1. The molecule has 5 heteroatoms. The van der Waals surface area contributed by atoms with Crippen molar-refractivity contribution in [3.8, 4) is 0 Å². The SMILES string of the molecule is Cc1ccc2[nH]c(=O)c(CN(Cc3ccccc3)C(=S)NCCc3ccccc3)cc2c1. The molecule has 0 atom stereocenters. The molecule has 0 aliphatic carbocycles. The monoisotopic (exact) mass is 441 g/mol. The molecule has 162 valence electrons. The zero-order valence-corrected chi connectivity index (χ0v) is 19.0. The van der Waals surface area contributed by atoms with Crippen LogP contribution in [0.25, 0.3) is 10.9 Å². The molecule has 0 unspecified atom stereocenters. The molecular weight excluding hydrogens is 414 g/mol. The predicted molar refractivity (Wildman–Crippen MR) is 136 cm³/mol. The molecule has 32 heavy (non-hydrogen) atoms. The van der Waals surface area contributed by atoms with Crippen LogP contribution in [0.15, 0.2) is 89.7 Å². The molecule has 0 radical (unpaired) electrons. The third-order valence-corrected chi connectivity index (χ3v) is 5.88. The number of aromatic amines is 1. The molecule has 0 bridgehead atoms. The summed E-state index contributed by atoms with van der Waals surface area (Å²) in [6, 6.07) is 28.6. The van der Waals surface area contributed by atoms with Crippen molar-refractivity contribution < 1.29 is 0 Å². The topological polar surface area (TPSA) is 48.1 Å². The molecule has 4 aromatic rings. The number of thiocarbonyl (C=S) groups is 1. The standard InChI is InChI=1S/C27H27N3OS/c1-20-12-13-25-23(16-20)17-24(26(31)29-25)19-30(18-22-10-6-3-7-11-22)27(32)28-15-14-21-8-4-2-5-9-21/h2-13,16-17H,14-15,18-19H2,1H3,(H,28,32)(H,29,31). The van der Waals surface area contributed by atoms with Gasteiger partial charge in [0.1, 0.15) is 0 Å². The van der Waals surface area contributed by atoms with Crippen LogP contribution in [0.4, 0.5) is 0 Å². The maximum atomic E-state index is 12.8. The summed E-state index contributed by atoms with van der Waals surface area (Å²) in [5.74, 6) is 0. The Morgan fingerprint density at radius 3 is 2.31 bits per heavy atom. The lowest BCUT2D eigenvalue weighted by atomic mass is 10.1. The van der Waals surface area contributed by atoms with Crippen molar-refractivity contribution >= 4 is 28.2 Å². The van der Waals surface area contributed by atoms with E-state index in [-0.39, 0.29) is 5.56 Å². The molecule has 4 rings (SSSR count). The fourth-order valence-electron chi connectivity index (χ4n) is 3.77. The van der Waals surface area contributed by atoms with E-state index in [0.29, 0.717) is 23.8 Å². The van der Waals surface area contributed by atoms with Gasteiger partial charge in [0.25, 0.3) is 5.56 Å². The number of hydrogen-bond acceptors (Lipinski definition) is 2. The molecule has 0 spiro atoms. The highest BCUT2D eigenvalue weighted by molar-refractivity contribution is 7.80. The molecule has 0 fully saturated rings. The van der Waals surface area contributed by atoms with Gasteiger partial charge >= 0.3 is 0 Å². The lowest BCUT2D eigenvalue weighted by molar-refractivity contribution is 0.398. The molecule has 0 aliphatic rings. The maximum Gasteiger partial charge on any atom is 0.253 e. The predicted octanol–water partition coefficient (Wildman–Crippen LogP) is 4.96. The molecule has 0 saturated heterocycles. The first kappa shape index (κ1) is 21.8. The zero-order chi connectivity index (χ0) is 22.3. The normalized spacial score (nSPS) is 10.8. The Balaban J connectivity index is 1.53. The largest absolute Gasteiger partial charge is 0.362 e. The smallest absolute Gasteiger partial charge is 0.253 e. The van der Waals surface area contributed by atoms with Gasteiger partial charge in [0.15, 0.2) is 5.11 Å². The van der Waals surface area contributed by atoms with Crippen LogP contribution in [0.1, 0.15) is 22.3 Å². The van der Waals surface area contributed by atoms with Crippen LogP contribution in [0, 0.1) is 6.92 Å². The van der Waals surface area contributed by atoms with Crippen molar-refractivity contribution in [3.05, 3.63) is 118 Å². The average Bonchev–Trinajstić information content (AvgIpc) is 2.80. The van der Waals surface area contributed by atoms with Crippen LogP contribution in [0.3, 0.4) is 0 Å². The van der Waals surface area contributed by atoms with Crippen molar-refractivity contribution in [2.45, 2.75) is 26.4 Å². The second kappa shape index (κ2) is 10.2. The number of aromatic nitrogens is 1. The molecule has 1 aromatic heterocycles. The zero-order valence-electron chi connectivity index (χ0n) is 18.2. The quantitative estimate of drug-likeness (QED) is 0.398. The van der Waals surface area contributed by atoms with Gasteiger partial charge in [-0.15, -0.1) is 0 Å². The van der Waals surface area contributed by atoms with E-state index in [1.807, 2.05) is 54.6 Å². The van der Waals surface area contributed by atoms with Crippen molar-refractivity contribution in [2.24, 2.45) is 0 Å². The molecule has 0 amide bonds. The number of nitrogens with zero attached hydrogens (tertiary/aromatic N) is 1. The Hall–Kier alpha value is -3.44. The summed E-state index contributed by atoms with van der Waals surface area (Å²) < 4.78 is 0. The Labute approximate surface area is 193 Å². The molecular formula is C27H27N3OS. The van der Waals surface area contributed by atoms with E-state index in [9.17, 15) is 4.79 Å². The van der Waals surface area contributed by atoms with E-state index < -0.39 is 0 Å². The van der Waals surface area contributed by atoms with Crippen LogP contribution in [-0.2, 0) is 19.5 Å². The van der Waals surface area contributed by atoms with Crippen molar-refractivity contribution in [1.29, 1.82) is 0 Å².